The van der Waals surface area contributed by atoms with Crippen LogP contribution in [0.1, 0.15) is 34.0 Å². The van der Waals surface area contributed by atoms with Gasteiger partial charge in [0.2, 0.25) is 0 Å². The number of aryl methyl sites for hydroxylation is 1. The first-order chi connectivity index (χ1) is 11.2. The number of alkyl halides is 1. The number of esters is 2. The molecule has 0 spiro atoms. The molecule has 2 aromatic rings. The van der Waals surface area contributed by atoms with E-state index in [0.29, 0.717) is 11.3 Å². The molecule has 5 heteroatoms. The van der Waals surface area contributed by atoms with Gasteiger partial charge in [-0.15, -0.1) is 0 Å². The molecule has 0 N–H and O–H groups in total. The Balaban J connectivity index is 1.77. The number of carbonyl (C=O) groups excluding carboxylic acids is 2. The van der Waals surface area contributed by atoms with Crippen LogP contribution >= 0.6 is 15.9 Å². The van der Waals surface area contributed by atoms with Crippen molar-refractivity contribution in [3.8, 4) is 5.75 Å². The van der Waals surface area contributed by atoms with Crippen molar-refractivity contribution in [1.82, 2.24) is 0 Å². The topological polar surface area (TPSA) is 52.6 Å². The Morgan fingerprint density at radius 1 is 1.13 bits per heavy atom. The third-order valence-electron chi connectivity index (χ3n) is 3.74. The summed E-state index contributed by atoms with van der Waals surface area (Å²) in [5.74, 6) is -0.244. The highest BCUT2D eigenvalue weighted by atomic mass is 79.9. The Morgan fingerprint density at radius 3 is 2.65 bits per heavy atom. The maximum absolute atomic E-state index is 12.1. The SMILES string of the molecule is O=C(CBr)OC1CCc2ccc(OC(=O)c3ccccc3)cc21. The van der Waals surface area contributed by atoms with E-state index in [1.165, 1.54) is 0 Å². The molecule has 0 fully saturated rings. The summed E-state index contributed by atoms with van der Waals surface area (Å²) in [4.78, 5) is 23.6. The number of carbonyl (C=O) groups is 2. The predicted molar refractivity (Wildman–Crippen MR) is 88.8 cm³/mol. The second-order valence-corrected chi connectivity index (χ2v) is 5.83. The van der Waals surface area contributed by atoms with Gasteiger partial charge in [-0.25, -0.2) is 4.79 Å². The van der Waals surface area contributed by atoms with Crippen LogP contribution in [0, 0.1) is 0 Å². The molecule has 1 aliphatic rings. The van der Waals surface area contributed by atoms with Gasteiger partial charge in [0, 0.05) is 0 Å². The Labute approximate surface area is 142 Å². The quantitative estimate of drug-likeness (QED) is 0.463. The molecular weight excluding hydrogens is 360 g/mol. The molecular formula is C18H15BrO4. The molecule has 1 atom stereocenters. The lowest BCUT2D eigenvalue weighted by Gasteiger charge is -2.13. The minimum absolute atomic E-state index is 0.168. The number of hydrogen-bond donors (Lipinski definition) is 0. The molecule has 0 radical (unpaired) electrons. The summed E-state index contributed by atoms with van der Waals surface area (Å²) in [7, 11) is 0. The number of benzene rings is 2. The van der Waals surface area contributed by atoms with Crippen LogP contribution in [-0.2, 0) is 16.0 Å². The standard InChI is InChI=1S/C18H15BrO4/c19-11-17(20)23-16-9-7-12-6-8-14(10-15(12)16)22-18(21)13-4-2-1-3-5-13/h1-6,8,10,16H,7,9,11H2. The lowest BCUT2D eigenvalue weighted by molar-refractivity contribution is -0.145. The van der Waals surface area contributed by atoms with E-state index in [2.05, 4.69) is 15.9 Å². The van der Waals surface area contributed by atoms with Crippen molar-refractivity contribution < 1.29 is 19.1 Å². The molecule has 0 amide bonds. The van der Waals surface area contributed by atoms with Gasteiger partial charge in [0.25, 0.3) is 0 Å². The fraction of sp³-hybridized carbons (Fsp3) is 0.222. The fourth-order valence-corrected chi connectivity index (χ4v) is 2.79. The van der Waals surface area contributed by atoms with E-state index < -0.39 is 5.97 Å². The summed E-state index contributed by atoms with van der Waals surface area (Å²) >= 11 is 3.09. The first-order valence-electron chi connectivity index (χ1n) is 7.33. The molecule has 3 rings (SSSR count). The van der Waals surface area contributed by atoms with Crippen molar-refractivity contribution in [2.24, 2.45) is 0 Å². The fourth-order valence-electron chi connectivity index (χ4n) is 2.66. The zero-order valence-corrected chi connectivity index (χ0v) is 13.9. The van der Waals surface area contributed by atoms with Crippen LogP contribution in [-0.4, -0.2) is 17.3 Å². The van der Waals surface area contributed by atoms with Crippen LogP contribution in [0.4, 0.5) is 0 Å². The maximum atomic E-state index is 12.1. The van der Waals surface area contributed by atoms with Gasteiger partial charge in [-0.05, 0) is 48.2 Å². The lowest BCUT2D eigenvalue weighted by atomic mass is 10.1. The second-order valence-electron chi connectivity index (χ2n) is 5.27. The van der Waals surface area contributed by atoms with E-state index in [4.69, 9.17) is 9.47 Å². The van der Waals surface area contributed by atoms with E-state index in [-0.39, 0.29) is 17.4 Å². The van der Waals surface area contributed by atoms with Gasteiger partial charge in [-0.1, -0.05) is 40.2 Å². The maximum Gasteiger partial charge on any atom is 0.343 e. The van der Waals surface area contributed by atoms with E-state index in [1.807, 2.05) is 12.1 Å². The molecule has 23 heavy (non-hydrogen) atoms. The number of rotatable bonds is 4. The Kier molecular flexibility index (Phi) is 4.76. The van der Waals surface area contributed by atoms with Crippen molar-refractivity contribution in [2.45, 2.75) is 18.9 Å². The average molecular weight is 375 g/mol. The van der Waals surface area contributed by atoms with Gasteiger partial charge in [0.1, 0.15) is 17.2 Å². The van der Waals surface area contributed by atoms with E-state index in [9.17, 15) is 9.59 Å². The molecule has 0 heterocycles. The highest BCUT2D eigenvalue weighted by molar-refractivity contribution is 9.09. The lowest BCUT2D eigenvalue weighted by Crippen LogP contribution is -2.11. The van der Waals surface area contributed by atoms with Crippen molar-refractivity contribution in [3.05, 3.63) is 65.2 Å². The number of ether oxygens (including phenoxy) is 2. The highest BCUT2D eigenvalue weighted by Crippen LogP contribution is 2.36. The Bertz CT molecular complexity index is 727. The van der Waals surface area contributed by atoms with E-state index in [0.717, 1.165) is 24.0 Å². The summed E-state index contributed by atoms with van der Waals surface area (Å²) in [6, 6.07) is 14.3. The van der Waals surface area contributed by atoms with Crippen LogP contribution in [0.5, 0.6) is 5.75 Å². The van der Waals surface area contributed by atoms with Gasteiger partial charge in [0.05, 0.1) is 5.56 Å². The minimum Gasteiger partial charge on any atom is -0.457 e. The Hall–Kier alpha value is -2.14. The Morgan fingerprint density at radius 2 is 1.91 bits per heavy atom. The van der Waals surface area contributed by atoms with Crippen LogP contribution in [0.2, 0.25) is 0 Å². The van der Waals surface area contributed by atoms with Crippen molar-refractivity contribution >= 4 is 27.9 Å². The zero-order chi connectivity index (χ0) is 16.2. The van der Waals surface area contributed by atoms with Crippen LogP contribution in [0.25, 0.3) is 0 Å². The third kappa shape index (κ3) is 3.62. The highest BCUT2D eigenvalue weighted by Gasteiger charge is 2.26. The largest absolute Gasteiger partial charge is 0.457 e. The smallest absolute Gasteiger partial charge is 0.343 e. The molecule has 1 unspecified atom stereocenters. The summed E-state index contributed by atoms with van der Waals surface area (Å²) in [6.07, 6.45) is 1.33. The molecule has 0 saturated heterocycles. The molecule has 4 nitrogen and oxygen atoms in total. The summed E-state index contributed by atoms with van der Waals surface area (Å²) < 4.78 is 10.8. The van der Waals surface area contributed by atoms with Gasteiger partial charge in [-0.2, -0.15) is 0 Å². The monoisotopic (exact) mass is 374 g/mol. The van der Waals surface area contributed by atoms with Crippen molar-refractivity contribution in [2.75, 3.05) is 5.33 Å². The molecule has 118 valence electrons. The molecule has 0 saturated carbocycles. The molecule has 0 bridgehead atoms. The molecule has 2 aromatic carbocycles. The summed E-state index contributed by atoms with van der Waals surface area (Å²) in [6.45, 7) is 0. The minimum atomic E-state index is -0.405. The third-order valence-corrected chi connectivity index (χ3v) is 4.20. The van der Waals surface area contributed by atoms with Crippen LogP contribution < -0.4 is 4.74 Å². The second kappa shape index (κ2) is 6.96. The summed E-state index contributed by atoms with van der Waals surface area (Å²) in [5, 5.41) is 0.168. The van der Waals surface area contributed by atoms with Crippen LogP contribution in [0.3, 0.4) is 0 Å². The molecule has 1 aliphatic carbocycles. The first-order valence-corrected chi connectivity index (χ1v) is 8.45. The molecule has 0 aliphatic heterocycles. The number of halogens is 1. The normalized spacial score (nSPS) is 15.8. The molecule has 0 aromatic heterocycles. The predicted octanol–water partition coefficient (Wildman–Crippen LogP) is 3.83. The zero-order valence-electron chi connectivity index (χ0n) is 12.3. The van der Waals surface area contributed by atoms with Gasteiger partial charge in [-0.3, -0.25) is 4.79 Å². The summed E-state index contributed by atoms with van der Waals surface area (Å²) in [5.41, 5.74) is 2.53. The van der Waals surface area contributed by atoms with Crippen molar-refractivity contribution in [3.63, 3.8) is 0 Å². The number of fused-ring (bicyclic) bond motifs is 1. The van der Waals surface area contributed by atoms with Gasteiger partial charge >= 0.3 is 11.9 Å². The van der Waals surface area contributed by atoms with Gasteiger partial charge in [0.15, 0.2) is 0 Å². The van der Waals surface area contributed by atoms with E-state index in [1.54, 1.807) is 36.4 Å². The van der Waals surface area contributed by atoms with Crippen molar-refractivity contribution in [1.29, 1.82) is 0 Å². The van der Waals surface area contributed by atoms with Crippen LogP contribution in [0.15, 0.2) is 48.5 Å². The van der Waals surface area contributed by atoms with Gasteiger partial charge < -0.3 is 9.47 Å². The van der Waals surface area contributed by atoms with E-state index >= 15 is 0 Å². The number of hydrogen-bond acceptors (Lipinski definition) is 4. The average Bonchev–Trinajstić information content (AvgIpc) is 2.98. The first kappa shape index (κ1) is 15.7.